The second kappa shape index (κ2) is 6.89. The lowest BCUT2D eigenvalue weighted by Crippen LogP contribution is -2.21. The van der Waals surface area contributed by atoms with Gasteiger partial charge in [-0.2, -0.15) is 0 Å². The predicted molar refractivity (Wildman–Crippen MR) is 69.3 cm³/mol. The minimum atomic E-state index is -0.661. The zero-order valence-electron chi connectivity index (χ0n) is 11.6. The van der Waals surface area contributed by atoms with Crippen molar-refractivity contribution in [3.63, 3.8) is 0 Å². The number of methoxy groups -OCH3 is 2. The van der Waals surface area contributed by atoms with Crippen molar-refractivity contribution in [2.45, 2.75) is 26.6 Å². The van der Waals surface area contributed by atoms with E-state index >= 15 is 0 Å². The molecular formula is C14H18O5. The average molecular weight is 266 g/mol. The fourth-order valence-electron chi connectivity index (χ4n) is 1.71. The van der Waals surface area contributed by atoms with Crippen LogP contribution in [0.4, 0.5) is 0 Å². The van der Waals surface area contributed by atoms with Gasteiger partial charge in [-0.05, 0) is 24.6 Å². The smallest absolute Gasteiger partial charge is 0.304 e. The summed E-state index contributed by atoms with van der Waals surface area (Å²) >= 11 is 0. The molecule has 5 heteroatoms. The van der Waals surface area contributed by atoms with Crippen LogP contribution in [0, 0.1) is 0 Å². The van der Waals surface area contributed by atoms with Crippen molar-refractivity contribution in [2.75, 3.05) is 14.2 Å². The molecule has 5 nitrogen and oxygen atoms in total. The van der Waals surface area contributed by atoms with Gasteiger partial charge in [-0.1, -0.05) is 6.07 Å². The molecule has 0 spiro atoms. The molecule has 0 saturated heterocycles. The third kappa shape index (κ3) is 4.37. The van der Waals surface area contributed by atoms with Crippen LogP contribution in [0.5, 0.6) is 5.75 Å². The molecule has 0 heterocycles. The van der Waals surface area contributed by atoms with Crippen LogP contribution >= 0.6 is 0 Å². The number of ether oxygens (including phenoxy) is 3. The van der Waals surface area contributed by atoms with Crippen LogP contribution in [-0.2, 0) is 20.7 Å². The number of esters is 1. The second-order valence-corrected chi connectivity index (χ2v) is 4.07. The molecule has 0 aliphatic rings. The largest absolute Gasteiger partial charge is 0.496 e. The highest BCUT2D eigenvalue weighted by Crippen LogP contribution is 2.21. The molecule has 0 aliphatic carbocycles. The Hall–Kier alpha value is -1.88. The second-order valence-electron chi connectivity index (χ2n) is 4.07. The highest BCUT2D eigenvalue weighted by molar-refractivity contribution is 5.97. The fourth-order valence-corrected chi connectivity index (χ4v) is 1.71. The summed E-state index contributed by atoms with van der Waals surface area (Å²) in [7, 11) is 2.97. The van der Waals surface area contributed by atoms with Gasteiger partial charge in [-0.3, -0.25) is 9.59 Å². The maximum absolute atomic E-state index is 11.5. The van der Waals surface area contributed by atoms with Crippen molar-refractivity contribution in [3.05, 3.63) is 29.3 Å². The highest BCUT2D eigenvalue weighted by Gasteiger charge is 2.14. The molecule has 0 bridgehead atoms. The third-order valence-corrected chi connectivity index (χ3v) is 2.61. The van der Waals surface area contributed by atoms with E-state index in [-0.39, 0.29) is 5.78 Å². The zero-order chi connectivity index (χ0) is 14.4. The maximum Gasteiger partial charge on any atom is 0.304 e. The lowest BCUT2D eigenvalue weighted by atomic mass is 10.0. The van der Waals surface area contributed by atoms with Crippen LogP contribution in [0.2, 0.25) is 0 Å². The van der Waals surface area contributed by atoms with E-state index in [1.165, 1.54) is 28.1 Å². The van der Waals surface area contributed by atoms with E-state index in [1.54, 1.807) is 18.2 Å². The first-order chi connectivity index (χ1) is 8.97. The standard InChI is InChI=1S/C14H18O5/c1-9(15)12-7-11(5-6-13(12)17-3)8-14(18-4)19-10(2)16/h5-7,14H,8H2,1-4H3. The van der Waals surface area contributed by atoms with Gasteiger partial charge in [0.05, 0.1) is 12.7 Å². The van der Waals surface area contributed by atoms with Gasteiger partial charge in [-0.15, -0.1) is 0 Å². The first kappa shape index (κ1) is 15.2. The minimum absolute atomic E-state index is 0.0832. The summed E-state index contributed by atoms with van der Waals surface area (Å²) in [6.07, 6.45) is -0.286. The van der Waals surface area contributed by atoms with Crippen molar-refractivity contribution >= 4 is 11.8 Å². The Balaban J connectivity index is 2.92. The molecule has 104 valence electrons. The van der Waals surface area contributed by atoms with Gasteiger partial charge in [-0.25, -0.2) is 0 Å². The Morgan fingerprint density at radius 3 is 2.37 bits per heavy atom. The molecule has 0 aromatic heterocycles. The molecule has 0 N–H and O–H groups in total. The summed E-state index contributed by atoms with van der Waals surface area (Å²) in [5, 5.41) is 0. The quantitative estimate of drug-likeness (QED) is 0.447. The number of ketones is 1. The Morgan fingerprint density at radius 2 is 1.89 bits per heavy atom. The minimum Gasteiger partial charge on any atom is -0.496 e. The molecule has 0 radical (unpaired) electrons. The van der Waals surface area contributed by atoms with Crippen LogP contribution < -0.4 is 4.74 Å². The summed E-state index contributed by atoms with van der Waals surface area (Å²) < 4.78 is 15.2. The molecule has 1 atom stereocenters. The SMILES string of the molecule is COc1ccc(CC(OC)OC(C)=O)cc1C(C)=O. The molecule has 0 amide bonds. The summed E-state index contributed by atoms with van der Waals surface area (Å²) in [5.41, 5.74) is 1.33. The Kier molecular flexibility index (Phi) is 5.51. The number of benzene rings is 1. The molecule has 19 heavy (non-hydrogen) atoms. The molecule has 0 saturated carbocycles. The van der Waals surface area contributed by atoms with Gasteiger partial charge in [0.25, 0.3) is 0 Å². The third-order valence-electron chi connectivity index (χ3n) is 2.61. The van der Waals surface area contributed by atoms with Gasteiger partial charge in [0, 0.05) is 20.5 Å². The first-order valence-corrected chi connectivity index (χ1v) is 5.85. The maximum atomic E-state index is 11.5. The van der Waals surface area contributed by atoms with E-state index in [9.17, 15) is 9.59 Å². The molecular weight excluding hydrogens is 248 g/mol. The lowest BCUT2D eigenvalue weighted by molar-refractivity contribution is -0.170. The van der Waals surface area contributed by atoms with Crippen molar-refractivity contribution in [1.29, 1.82) is 0 Å². The number of rotatable bonds is 6. The number of Topliss-reactive ketones (excluding diaryl/α,β-unsaturated/α-hetero) is 1. The van der Waals surface area contributed by atoms with Crippen molar-refractivity contribution in [1.82, 2.24) is 0 Å². The van der Waals surface area contributed by atoms with Gasteiger partial charge < -0.3 is 14.2 Å². The van der Waals surface area contributed by atoms with E-state index in [1.807, 2.05) is 0 Å². The van der Waals surface area contributed by atoms with E-state index in [0.717, 1.165) is 5.56 Å². The first-order valence-electron chi connectivity index (χ1n) is 5.85. The van der Waals surface area contributed by atoms with E-state index in [0.29, 0.717) is 17.7 Å². The topological polar surface area (TPSA) is 61.8 Å². The van der Waals surface area contributed by atoms with Gasteiger partial charge in [0.2, 0.25) is 6.29 Å². The Morgan fingerprint density at radius 1 is 1.21 bits per heavy atom. The van der Waals surface area contributed by atoms with Crippen LogP contribution in [0.15, 0.2) is 18.2 Å². The van der Waals surface area contributed by atoms with E-state index in [4.69, 9.17) is 14.2 Å². The molecule has 1 aromatic carbocycles. The number of carbonyl (C=O) groups excluding carboxylic acids is 2. The Labute approximate surface area is 112 Å². The lowest BCUT2D eigenvalue weighted by Gasteiger charge is -2.16. The summed E-state index contributed by atoms with van der Waals surface area (Å²) in [4.78, 5) is 22.4. The Bertz CT molecular complexity index is 467. The van der Waals surface area contributed by atoms with Crippen LogP contribution in [-0.4, -0.2) is 32.3 Å². The van der Waals surface area contributed by atoms with E-state index in [2.05, 4.69) is 0 Å². The highest BCUT2D eigenvalue weighted by atomic mass is 16.7. The molecule has 0 aliphatic heterocycles. The van der Waals surface area contributed by atoms with Crippen molar-refractivity contribution in [2.24, 2.45) is 0 Å². The molecule has 0 fully saturated rings. The number of hydrogen-bond donors (Lipinski definition) is 0. The van der Waals surface area contributed by atoms with Gasteiger partial charge in [0.1, 0.15) is 5.75 Å². The average Bonchev–Trinajstić information content (AvgIpc) is 2.37. The van der Waals surface area contributed by atoms with Crippen LogP contribution in [0.25, 0.3) is 0 Å². The summed E-state index contributed by atoms with van der Waals surface area (Å²) in [6, 6.07) is 5.24. The molecule has 1 aromatic rings. The normalized spacial score (nSPS) is 11.8. The predicted octanol–water partition coefficient (Wildman–Crippen LogP) is 1.98. The summed E-state index contributed by atoms with van der Waals surface area (Å²) in [6.45, 7) is 2.79. The summed E-state index contributed by atoms with van der Waals surface area (Å²) in [5.74, 6) is 0.0324. The monoisotopic (exact) mass is 266 g/mol. The van der Waals surface area contributed by atoms with E-state index < -0.39 is 12.3 Å². The van der Waals surface area contributed by atoms with Crippen LogP contribution in [0.3, 0.4) is 0 Å². The fraction of sp³-hybridized carbons (Fsp3) is 0.429. The zero-order valence-corrected chi connectivity index (χ0v) is 11.6. The van der Waals surface area contributed by atoms with Gasteiger partial charge >= 0.3 is 5.97 Å². The number of hydrogen-bond acceptors (Lipinski definition) is 5. The molecule has 1 unspecified atom stereocenters. The van der Waals surface area contributed by atoms with Crippen LogP contribution in [0.1, 0.15) is 29.8 Å². The van der Waals surface area contributed by atoms with Crippen molar-refractivity contribution in [3.8, 4) is 5.75 Å². The molecule has 1 rings (SSSR count). The number of carbonyl (C=O) groups is 2. The van der Waals surface area contributed by atoms with Gasteiger partial charge in [0.15, 0.2) is 5.78 Å². The van der Waals surface area contributed by atoms with Crippen molar-refractivity contribution < 1.29 is 23.8 Å².